The van der Waals surface area contributed by atoms with Crippen molar-refractivity contribution in [3.05, 3.63) is 96.3 Å². The van der Waals surface area contributed by atoms with Crippen molar-refractivity contribution in [2.24, 2.45) is 0 Å². The fourth-order valence-electron chi connectivity index (χ4n) is 2.70. The van der Waals surface area contributed by atoms with Crippen LogP contribution in [0.5, 0.6) is 0 Å². The number of benzene rings is 2. The van der Waals surface area contributed by atoms with Crippen molar-refractivity contribution in [2.75, 3.05) is 17.2 Å². The molecule has 3 aromatic rings. The van der Waals surface area contributed by atoms with Crippen LogP contribution in [0.4, 0.5) is 5.69 Å². The molecule has 3 nitrogen and oxygen atoms in total. The van der Waals surface area contributed by atoms with Crippen LogP contribution in [0.15, 0.2) is 85.1 Å². The van der Waals surface area contributed by atoms with Crippen LogP contribution in [0.1, 0.15) is 11.3 Å². The van der Waals surface area contributed by atoms with Gasteiger partial charge in [-0.05, 0) is 36.2 Å². The van der Waals surface area contributed by atoms with E-state index in [4.69, 9.17) is 0 Å². The highest BCUT2D eigenvalue weighted by Crippen LogP contribution is 2.18. The van der Waals surface area contributed by atoms with Gasteiger partial charge in [-0.2, -0.15) is 0 Å². The molecule has 0 radical (unpaired) electrons. The Kier molecular flexibility index (Phi) is 6.85. The van der Waals surface area contributed by atoms with Crippen molar-refractivity contribution in [1.29, 1.82) is 0 Å². The van der Waals surface area contributed by atoms with Gasteiger partial charge in [0.1, 0.15) is 0 Å². The molecule has 1 amide bonds. The molecule has 3 rings (SSSR count). The first kappa shape index (κ1) is 18.2. The Labute approximate surface area is 159 Å². The number of thioether (sulfide) groups is 1. The van der Waals surface area contributed by atoms with Gasteiger partial charge in [0.25, 0.3) is 0 Å². The summed E-state index contributed by atoms with van der Waals surface area (Å²) in [7, 11) is 0. The molecule has 0 N–H and O–H groups in total. The van der Waals surface area contributed by atoms with E-state index in [0.717, 1.165) is 23.6 Å². The zero-order chi connectivity index (χ0) is 18.0. The molecule has 0 spiro atoms. The number of hydrogen-bond acceptors (Lipinski definition) is 3. The summed E-state index contributed by atoms with van der Waals surface area (Å²) in [5.74, 6) is 1.32. The second-order valence-corrected chi connectivity index (χ2v) is 6.92. The zero-order valence-electron chi connectivity index (χ0n) is 14.6. The number of carbonyl (C=O) groups excluding carboxylic acids is 1. The fraction of sp³-hybridized carbons (Fsp3) is 0.182. The topological polar surface area (TPSA) is 33.2 Å². The van der Waals surface area contributed by atoms with Gasteiger partial charge in [-0.1, -0.05) is 54.6 Å². The molecule has 0 saturated heterocycles. The fourth-order valence-corrected chi connectivity index (χ4v) is 3.51. The minimum Gasteiger partial charge on any atom is -0.311 e. The van der Waals surface area contributed by atoms with Crippen LogP contribution in [-0.4, -0.2) is 23.2 Å². The van der Waals surface area contributed by atoms with Crippen molar-refractivity contribution in [2.45, 2.75) is 12.2 Å². The number of rotatable bonds is 8. The van der Waals surface area contributed by atoms with E-state index in [9.17, 15) is 4.79 Å². The monoisotopic (exact) mass is 362 g/mol. The number of anilines is 1. The molecular weight excluding hydrogens is 340 g/mol. The lowest BCUT2D eigenvalue weighted by Crippen LogP contribution is -2.34. The van der Waals surface area contributed by atoms with Gasteiger partial charge in [0.15, 0.2) is 0 Å². The Hall–Kier alpha value is -2.59. The third kappa shape index (κ3) is 5.46. The molecule has 0 bridgehead atoms. The summed E-state index contributed by atoms with van der Waals surface area (Å²) in [6, 6.07) is 26.0. The van der Waals surface area contributed by atoms with Crippen LogP contribution in [-0.2, 0) is 17.0 Å². The molecule has 0 saturated carbocycles. The van der Waals surface area contributed by atoms with E-state index in [1.165, 1.54) is 5.56 Å². The normalized spacial score (nSPS) is 10.5. The largest absolute Gasteiger partial charge is 0.311 e. The number of hydrogen-bond donors (Lipinski definition) is 0. The maximum Gasteiger partial charge on any atom is 0.236 e. The van der Waals surface area contributed by atoms with Gasteiger partial charge in [-0.15, -0.1) is 11.8 Å². The highest BCUT2D eigenvalue weighted by molar-refractivity contribution is 7.99. The van der Waals surface area contributed by atoms with Crippen molar-refractivity contribution in [1.82, 2.24) is 4.98 Å². The summed E-state index contributed by atoms with van der Waals surface area (Å²) in [6.45, 7) is 0.678. The minimum atomic E-state index is 0.132. The van der Waals surface area contributed by atoms with E-state index >= 15 is 0 Å². The van der Waals surface area contributed by atoms with Crippen LogP contribution in [0, 0.1) is 0 Å². The van der Waals surface area contributed by atoms with E-state index in [1.807, 2.05) is 71.6 Å². The Morgan fingerprint density at radius 2 is 1.58 bits per heavy atom. The highest BCUT2D eigenvalue weighted by atomic mass is 32.2. The maximum atomic E-state index is 12.8. The first-order valence-corrected chi connectivity index (χ1v) is 9.85. The second kappa shape index (κ2) is 9.78. The molecule has 0 unspecified atom stereocenters. The Morgan fingerprint density at radius 3 is 2.27 bits per heavy atom. The van der Waals surface area contributed by atoms with Gasteiger partial charge in [0.2, 0.25) is 5.91 Å². The minimum absolute atomic E-state index is 0.132. The summed E-state index contributed by atoms with van der Waals surface area (Å²) in [5.41, 5.74) is 3.19. The van der Waals surface area contributed by atoms with Crippen LogP contribution in [0.25, 0.3) is 0 Å². The molecule has 1 aromatic heterocycles. The molecule has 0 aliphatic heterocycles. The predicted octanol–water partition coefficient (Wildman–Crippen LogP) is 4.59. The van der Waals surface area contributed by atoms with Crippen molar-refractivity contribution < 1.29 is 4.79 Å². The molecule has 2 aromatic carbocycles. The summed E-state index contributed by atoms with van der Waals surface area (Å²) in [5, 5.41) is 0. The van der Waals surface area contributed by atoms with Gasteiger partial charge < -0.3 is 4.90 Å². The predicted molar refractivity (Wildman–Crippen MR) is 109 cm³/mol. The van der Waals surface area contributed by atoms with E-state index < -0.39 is 0 Å². The Bertz CT molecular complexity index is 794. The molecule has 0 aliphatic rings. The molecule has 4 heteroatoms. The number of amides is 1. The van der Waals surface area contributed by atoms with Gasteiger partial charge in [-0.25, -0.2) is 0 Å². The molecule has 1 heterocycles. The third-order valence-electron chi connectivity index (χ3n) is 4.04. The smallest absolute Gasteiger partial charge is 0.236 e. The van der Waals surface area contributed by atoms with Crippen molar-refractivity contribution in [3.8, 4) is 0 Å². The zero-order valence-corrected chi connectivity index (χ0v) is 15.4. The summed E-state index contributed by atoms with van der Waals surface area (Å²) >= 11 is 1.61. The molecule has 0 aliphatic carbocycles. The summed E-state index contributed by atoms with van der Waals surface area (Å²) in [4.78, 5) is 19.0. The second-order valence-electron chi connectivity index (χ2n) is 5.93. The lowest BCUT2D eigenvalue weighted by molar-refractivity contribution is -0.116. The lowest BCUT2D eigenvalue weighted by Gasteiger charge is -2.23. The average molecular weight is 362 g/mol. The molecule has 0 fully saturated rings. The van der Waals surface area contributed by atoms with E-state index in [2.05, 4.69) is 17.1 Å². The van der Waals surface area contributed by atoms with Crippen LogP contribution >= 0.6 is 11.8 Å². The van der Waals surface area contributed by atoms with Crippen LogP contribution in [0.3, 0.4) is 0 Å². The maximum absolute atomic E-state index is 12.8. The van der Waals surface area contributed by atoms with E-state index in [0.29, 0.717) is 12.3 Å². The highest BCUT2D eigenvalue weighted by Gasteiger charge is 2.15. The standard InChI is InChI=1S/C22H22N2OS/c25-22(18-26-17-20-11-7-8-15-23-20)24(21-12-5-2-6-13-21)16-14-19-9-3-1-4-10-19/h1-13,15H,14,16-18H2. The lowest BCUT2D eigenvalue weighted by atomic mass is 10.1. The Balaban J connectivity index is 1.61. The van der Waals surface area contributed by atoms with Gasteiger partial charge >= 0.3 is 0 Å². The number of nitrogens with zero attached hydrogens (tertiary/aromatic N) is 2. The number of aromatic nitrogens is 1. The summed E-state index contributed by atoms with van der Waals surface area (Å²) in [6.07, 6.45) is 2.63. The van der Waals surface area contributed by atoms with E-state index in [-0.39, 0.29) is 5.91 Å². The summed E-state index contributed by atoms with van der Waals surface area (Å²) < 4.78 is 0. The Morgan fingerprint density at radius 1 is 0.885 bits per heavy atom. The van der Waals surface area contributed by atoms with Gasteiger partial charge in [0, 0.05) is 24.2 Å². The van der Waals surface area contributed by atoms with E-state index in [1.54, 1.807) is 18.0 Å². The van der Waals surface area contributed by atoms with Crippen LogP contribution in [0.2, 0.25) is 0 Å². The first-order chi connectivity index (χ1) is 12.8. The number of para-hydroxylation sites is 1. The van der Waals surface area contributed by atoms with Gasteiger partial charge in [0.05, 0.1) is 11.4 Å². The number of carbonyl (C=O) groups is 1. The van der Waals surface area contributed by atoms with Crippen molar-refractivity contribution >= 4 is 23.4 Å². The quantitative estimate of drug-likeness (QED) is 0.587. The van der Waals surface area contributed by atoms with Gasteiger partial charge in [-0.3, -0.25) is 9.78 Å². The molecule has 132 valence electrons. The molecule has 26 heavy (non-hydrogen) atoms. The first-order valence-electron chi connectivity index (χ1n) is 8.70. The average Bonchev–Trinajstić information content (AvgIpc) is 2.70. The SMILES string of the molecule is O=C(CSCc1ccccn1)N(CCc1ccccc1)c1ccccc1. The molecular formula is C22H22N2OS. The third-order valence-corrected chi connectivity index (χ3v) is 4.99. The van der Waals surface area contributed by atoms with Crippen molar-refractivity contribution in [3.63, 3.8) is 0 Å². The number of pyridine rings is 1. The molecule has 0 atom stereocenters. The van der Waals surface area contributed by atoms with Crippen LogP contribution < -0.4 is 4.90 Å².